The van der Waals surface area contributed by atoms with Crippen molar-refractivity contribution in [1.29, 1.82) is 0 Å². The summed E-state index contributed by atoms with van der Waals surface area (Å²) in [7, 11) is 0. The Morgan fingerprint density at radius 3 is 2.01 bits per heavy atom. The molecule has 2 aliphatic heterocycles. The highest BCUT2D eigenvalue weighted by Crippen LogP contribution is 2.72. The van der Waals surface area contributed by atoms with Gasteiger partial charge >= 0.3 is 0 Å². The molecule has 8 rings (SSSR count). The number of Topliss-reactive ketones (excluding diaryl/α,β-unsaturated/α-hetero) is 1. The van der Waals surface area contributed by atoms with Crippen molar-refractivity contribution in [2.45, 2.75) is 85.3 Å². The number of hydrogen-bond acceptors (Lipinski definition) is 16. The van der Waals surface area contributed by atoms with Gasteiger partial charge in [-0.2, -0.15) is 0 Å². The fourth-order valence-corrected chi connectivity index (χ4v) is 12.5. The number of halogens is 2. The second kappa shape index (κ2) is 24.0. The molecule has 10 atom stereocenters. The summed E-state index contributed by atoms with van der Waals surface area (Å²) in [5, 5.41) is 25.0. The van der Waals surface area contributed by atoms with Crippen LogP contribution in [0, 0.1) is 22.7 Å². The number of ketones is 2. The Morgan fingerprint density at radius 2 is 1.40 bits per heavy atom. The van der Waals surface area contributed by atoms with Gasteiger partial charge in [0.05, 0.1) is 104 Å². The first kappa shape index (κ1) is 54.7. The molecule has 20 heteroatoms. The lowest BCUT2D eigenvalue weighted by Crippen LogP contribution is -2.70. The smallest absolute Gasteiger partial charge is 0.253 e. The lowest BCUT2D eigenvalue weighted by Gasteiger charge is -2.63. The van der Waals surface area contributed by atoms with Gasteiger partial charge in [-0.05, 0) is 80.2 Å². The predicted molar refractivity (Wildman–Crippen MR) is 259 cm³/mol. The van der Waals surface area contributed by atoms with Crippen LogP contribution in [0.25, 0.3) is 0 Å². The number of alkyl halides is 2. The molecule has 4 aliphatic carbocycles. The van der Waals surface area contributed by atoms with E-state index in [1.54, 1.807) is 13.0 Å². The number of benzene rings is 2. The SMILES string of the molecule is C[C@]12C=CC(=O)C=C1[C@@H](F)C[C@H]1C3C[C@H]4O[C@@H](c5ccc(Sc6cccc(NC(=O)CCOCCOCCOCCOCCOCCOCCN7C(=O)C=CC7=O)c6)cc5)O[C@@]4(C(=O)CO)[C@@]3(C)C[C@H](O)[C@@]12F. The summed E-state index contributed by atoms with van der Waals surface area (Å²) < 4.78 is 79.7. The van der Waals surface area contributed by atoms with E-state index in [1.807, 2.05) is 42.5 Å². The highest BCUT2D eigenvalue weighted by Gasteiger charge is 2.80. The van der Waals surface area contributed by atoms with E-state index in [0.717, 1.165) is 20.8 Å². The zero-order chi connectivity index (χ0) is 51.8. The maximum atomic E-state index is 17.8. The minimum absolute atomic E-state index is 0.0115. The number of fused-ring (bicyclic) bond motifs is 7. The Bertz CT molecular complexity index is 2410. The van der Waals surface area contributed by atoms with Gasteiger partial charge in [0, 0.05) is 49.9 Å². The zero-order valence-corrected chi connectivity index (χ0v) is 41.8. The highest BCUT2D eigenvalue weighted by molar-refractivity contribution is 7.99. The maximum absolute atomic E-state index is 17.8. The largest absolute Gasteiger partial charge is 0.390 e. The number of hydrogen-bond donors (Lipinski definition) is 3. The fraction of sp³-hybridized carbons (Fsp3) is 0.566. The van der Waals surface area contributed by atoms with Crippen molar-refractivity contribution >= 4 is 46.7 Å². The molecule has 2 aromatic carbocycles. The highest BCUT2D eigenvalue weighted by atomic mass is 32.2. The third-order valence-electron chi connectivity index (χ3n) is 15.1. The van der Waals surface area contributed by atoms with Crippen LogP contribution in [0.2, 0.25) is 0 Å². The Labute approximate surface area is 426 Å². The van der Waals surface area contributed by atoms with Crippen molar-refractivity contribution in [1.82, 2.24) is 4.90 Å². The molecule has 17 nitrogen and oxygen atoms in total. The Balaban J connectivity index is 0.703. The summed E-state index contributed by atoms with van der Waals surface area (Å²) in [6.45, 7) is 6.81. The summed E-state index contributed by atoms with van der Waals surface area (Å²) in [5.41, 5.74) is -5.65. The number of nitrogens with zero attached hydrogens (tertiary/aromatic N) is 1. The molecule has 6 aliphatic rings. The van der Waals surface area contributed by atoms with Crippen LogP contribution >= 0.6 is 11.8 Å². The normalized spacial score (nSPS) is 31.1. The number of carbonyl (C=O) groups excluding carboxylic acids is 5. The van der Waals surface area contributed by atoms with E-state index in [0.29, 0.717) is 77.3 Å². The van der Waals surface area contributed by atoms with Crippen molar-refractivity contribution < 1.29 is 80.9 Å². The lowest BCUT2D eigenvalue weighted by molar-refractivity contribution is -0.235. The molecule has 0 aromatic heterocycles. The average Bonchev–Trinajstić information content (AvgIpc) is 4.00. The number of carbonyl (C=O) groups is 5. The third kappa shape index (κ3) is 11.4. The predicted octanol–water partition coefficient (Wildman–Crippen LogP) is 4.83. The Morgan fingerprint density at radius 1 is 0.795 bits per heavy atom. The topological polar surface area (TPSA) is 215 Å². The van der Waals surface area contributed by atoms with E-state index in [4.69, 9.17) is 37.9 Å². The van der Waals surface area contributed by atoms with Gasteiger partial charge in [-0.25, -0.2) is 8.78 Å². The van der Waals surface area contributed by atoms with Crippen LogP contribution in [0.3, 0.4) is 0 Å². The van der Waals surface area contributed by atoms with Crippen LogP contribution in [0.5, 0.6) is 0 Å². The van der Waals surface area contributed by atoms with Crippen molar-refractivity contribution in [3.63, 3.8) is 0 Å². The Kier molecular flexibility index (Phi) is 17.9. The fourth-order valence-electron chi connectivity index (χ4n) is 11.6. The minimum Gasteiger partial charge on any atom is -0.390 e. The van der Waals surface area contributed by atoms with Crippen molar-refractivity contribution in [2.24, 2.45) is 22.7 Å². The van der Waals surface area contributed by atoms with Gasteiger partial charge in [0.15, 0.2) is 29.1 Å². The second-order valence-electron chi connectivity index (χ2n) is 19.3. The number of anilines is 1. The van der Waals surface area contributed by atoms with E-state index in [-0.39, 0.29) is 68.7 Å². The molecule has 0 radical (unpaired) electrons. The van der Waals surface area contributed by atoms with Crippen LogP contribution in [0.1, 0.15) is 51.4 Å². The lowest BCUT2D eigenvalue weighted by atomic mass is 9.44. The van der Waals surface area contributed by atoms with E-state index in [9.17, 15) is 34.2 Å². The van der Waals surface area contributed by atoms with Crippen LogP contribution in [-0.2, 0) is 61.9 Å². The molecule has 3 amide bonds. The van der Waals surface area contributed by atoms with Crippen molar-refractivity contribution in [2.75, 3.05) is 97.8 Å². The van der Waals surface area contributed by atoms with Crippen LogP contribution in [0.4, 0.5) is 14.5 Å². The van der Waals surface area contributed by atoms with Gasteiger partial charge in [-0.1, -0.05) is 43.0 Å². The van der Waals surface area contributed by atoms with Crippen molar-refractivity contribution in [3.8, 4) is 0 Å². The van der Waals surface area contributed by atoms with Crippen LogP contribution < -0.4 is 5.32 Å². The van der Waals surface area contributed by atoms with Crippen LogP contribution in [-0.4, -0.2) is 166 Å². The number of allylic oxidation sites excluding steroid dienone is 4. The average molecular weight is 1040 g/mol. The first-order chi connectivity index (χ1) is 35.1. The number of aliphatic hydroxyl groups excluding tert-OH is 2. The van der Waals surface area contributed by atoms with Gasteiger partial charge in [0.25, 0.3) is 11.8 Å². The molecule has 1 unspecified atom stereocenters. The first-order valence-corrected chi connectivity index (χ1v) is 25.6. The monoisotopic (exact) mass is 1040 g/mol. The van der Waals surface area contributed by atoms with Gasteiger partial charge in [0.2, 0.25) is 5.91 Å². The summed E-state index contributed by atoms with van der Waals surface area (Å²) in [5.74, 6) is -3.64. The summed E-state index contributed by atoms with van der Waals surface area (Å²) >= 11 is 1.46. The number of nitrogens with one attached hydrogen (secondary N) is 1. The number of rotatable bonds is 27. The first-order valence-electron chi connectivity index (χ1n) is 24.8. The van der Waals surface area contributed by atoms with E-state index >= 15 is 8.78 Å². The molecule has 0 bridgehead atoms. The number of ether oxygens (including phenoxy) is 8. The summed E-state index contributed by atoms with van der Waals surface area (Å²) in [6, 6.07) is 14.8. The molecule has 0 spiro atoms. The molecule has 4 fully saturated rings. The third-order valence-corrected chi connectivity index (χ3v) is 16.1. The van der Waals surface area contributed by atoms with Gasteiger partial charge in [-0.15, -0.1) is 0 Å². The van der Waals surface area contributed by atoms with Crippen molar-refractivity contribution in [3.05, 3.63) is 90.0 Å². The molecule has 396 valence electrons. The standard InChI is InChI=1S/C53H64F2N2O15S/c1-50-14-12-36(59)29-41(50)42(54)30-40-39-31-45-53(44(61)33-58,51(39,2)32-43(60)52(40,50)55)72-49(71-45)34-6-8-37(9-7-34)73-38-5-3-4-35(28-38)56-46(62)13-16-65-18-20-67-22-24-69-26-27-70-25-23-68-21-19-66-17-15-57-47(63)10-11-48(57)64/h3-12,14,28-29,39-40,42-43,45,49,58,60H,13,15-27,30-33H2,1-2H3,(H,56,62)/t39?,40-,42-,43-,45+,49+,50-,51-,52-,53+/m0/s1. The maximum Gasteiger partial charge on any atom is 0.253 e. The van der Waals surface area contributed by atoms with Gasteiger partial charge in [-0.3, -0.25) is 28.9 Å². The second-order valence-corrected chi connectivity index (χ2v) is 20.5. The quantitative estimate of drug-likeness (QED) is 0.0807. The van der Waals surface area contributed by atoms with E-state index in [1.165, 1.54) is 43.0 Å². The molecule has 3 N–H and O–H groups in total. The summed E-state index contributed by atoms with van der Waals surface area (Å²) in [6.07, 6.45) is 0.795. The molecule has 2 aromatic rings. The molecule has 2 heterocycles. The summed E-state index contributed by atoms with van der Waals surface area (Å²) in [4.78, 5) is 64.7. The van der Waals surface area contributed by atoms with Crippen LogP contribution in [0.15, 0.2) is 94.3 Å². The molecular weight excluding hydrogens is 975 g/mol. The van der Waals surface area contributed by atoms with E-state index in [2.05, 4.69) is 5.32 Å². The zero-order valence-electron chi connectivity index (χ0n) is 41.0. The molecular formula is C53H64F2N2O15S. The van der Waals surface area contributed by atoms with E-state index < -0.39 is 76.8 Å². The number of aliphatic hydroxyl groups is 2. The van der Waals surface area contributed by atoms with Gasteiger partial charge in [0.1, 0.15) is 12.8 Å². The minimum atomic E-state index is -2.34. The molecule has 3 saturated carbocycles. The Hall–Kier alpha value is -4.58. The van der Waals surface area contributed by atoms with Gasteiger partial charge < -0.3 is 53.4 Å². The molecule has 1 saturated heterocycles. The number of amides is 3. The molecule has 73 heavy (non-hydrogen) atoms. The number of imide groups is 1.